The second-order valence-electron chi connectivity index (χ2n) is 11.8. The summed E-state index contributed by atoms with van der Waals surface area (Å²) in [5, 5.41) is 19.0. The van der Waals surface area contributed by atoms with E-state index in [2.05, 4.69) is 50.3 Å². The second-order valence-corrected chi connectivity index (χ2v) is 13.3. The van der Waals surface area contributed by atoms with Crippen LogP contribution in [0.25, 0.3) is 0 Å². The highest BCUT2D eigenvalue weighted by Crippen LogP contribution is 2.43. The lowest BCUT2D eigenvalue weighted by Crippen LogP contribution is -2.28. The monoisotopic (exact) mass is 688 g/mol. The number of ether oxygens (including phenoxy) is 2. The van der Waals surface area contributed by atoms with E-state index >= 15 is 0 Å². The second kappa shape index (κ2) is 32.7. The van der Waals surface area contributed by atoms with Crippen LogP contribution in [0.5, 0.6) is 0 Å². The SMILES string of the molecule is CC/C=C\C/C=C\C/C=C\CCCCCCCC(=O)OC(CO)COP(=O)(O)OCC(CO)OC(=O)CCCCCCCCCCC. The minimum Gasteiger partial charge on any atom is -0.457 e. The van der Waals surface area contributed by atoms with Gasteiger partial charge < -0.3 is 24.6 Å². The predicted molar refractivity (Wildman–Crippen MR) is 187 cm³/mol. The van der Waals surface area contributed by atoms with Crippen LogP contribution in [-0.4, -0.2) is 65.7 Å². The van der Waals surface area contributed by atoms with Crippen LogP contribution >= 0.6 is 7.82 Å². The fourth-order valence-electron chi connectivity index (χ4n) is 4.60. The van der Waals surface area contributed by atoms with E-state index in [9.17, 15) is 29.3 Å². The van der Waals surface area contributed by atoms with Crippen LogP contribution in [0, 0.1) is 0 Å². The summed E-state index contributed by atoms with van der Waals surface area (Å²) < 4.78 is 32.3. The average Bonchev–Trinajstić information content (AvgIpc) is 3.05. The number of aliphatic hydroxyl groups is 2. The summed E-state index contributed by atoms with van der Waals surface area (Å²) >= 11 is 0. The third kappa shape index (κ3) is 31.2. The van der Waals surface area contributed by atoms with E-state index in [4.69, 9.17) is 18.5 Å². The van der Waals surface area contributed by atoms with Crippen LogP contribution in [0.2, 0.25) is 0 Å². The number of unbranched alkanes of at least 4 members (excludes halogenated alkanes) is 13. The van der Waals surface area contributed by atoms with Gasteiger partial charge in [0.2, 0.25) is 0 Å². The molecule has 47 heavy (non-hydrogen) atoms. The number of phosphoric acid groups is 1. The molecule has 0 aromatic rings. The van der Waals surface area contributed by atoms with Crippen LogP contribution in [0.1, 0.15) is 142 Å². The Kier molecular flexibility index (Phi) is 31.5. The van der Waals surface area contributed by atoms with Crippen molar-refractivity contribution in [1.82, 2.24) is 0 Å². The van der Waals surface area contributed by atoms with Crippen molar-refractivity contribution in [3.8, 4) is 0 Å². The van der Waals surface area contributed by atoms with Crippen LogP contribution in [0.3, 0.4) is 0 Å². The molecule has 11 heteroatoms. The zero-order valence-electron chi connectivity index (χ0n) is 29.2. The minimum atomic E-state index is -4.63. The van der Waals surface area contributed by atoms with E-state index in [-0.39, 0.29) is 12.8 Å². The van der Waals surface area contributed by atoms with Crippen molar-refractivity contribution in [2.45, 2.75) is 154 Å². The third-order valence-corrected chi connectivity index (χ3v) is 8.32. The molecule has 0 saturated heterocycles. The molecule has 0 rings (SSSR count). The first-order chi connectivity index (χ1) is 22.8. The van der Waals surface area contributed by atoms with Crippen LogP contribution in [-0.2, 0) is 32.7 Å². The highest BCUT2D eigenvalue weighted by molar-refractivity contribution is 7.47. The van der Waals surface area contributed by atoms with E-state index < -0.39 is 58.4 Å². The third-order valence-electron chi connectivity index (χ3n) is 7.37. The number of esters is 2. The lowest BCUT2D eigenvalue weighted by atomic mass is 10.1. The first kappa shape index (κ1) is 45.2. The Morgan fingerprint density at radius 3 is 1.45 bits per heavy atom. The Morgan fingerprint density at radius 1 is 0.596 bits per heavy atom. The summed E-state index contributed by atoms with van der Waals surface area (Å²) in [6.07, 6.45) is 29.9. The van der Waals surface area contributed by atoms with E-state index in [1.807, 2.05) is 0 Å². The quantitative estimate of drug-likeness (QED) is 0.0265. The molecular formula is C36H65O10P. The van der Waals surface area contributed by atoms with E-state index in [0.717, 1.165) is 70.6 Å². The number of carbonyl (C=O) groups excluding carboxylic acids is 2. The van der Waals surface area contributed by atoms with Gasteiger partial charge >= 0.3 is 19.8 Å². The number of rotatable bonds is 33. The molecule has 0 amide bonds. The average molecular weight is 689 g/mol. The van der Waals surface area contributed by atoms with Gasteiger partial charge in [-0.15, -0.1) is 0 Å². The number of phosphoric ester groups is 1. The zero-order chi connectivity index (χ0) is 34.9. The molecule has 0 aliphatic rings. The number of aliphatic hydroxyl groups excluding tert-OH is 2. The zero-order valence-corrected chi connectivity index (χ0v) is 30.1. The van der Waals surface area contributed by atoms with Crippen molar-refractivity contribution in [1.29, 1.82) is 0 Å². The first-order valence-electron chi connectivity index (χ1n) is 17.9. The van der Waals surface area contributed by atoms with Gasteiger partial charge in [0.05, 0.1) is 26.4 Å². The standard InChI is InChI=1S/C36H65O10P/c1-3-5-7-9-11-13-14-15-16-17-18-20-22-24-26-28-36(40)46-34(30-38)32-44-47(41,42)43-31-33(29-37)45-35(39)27-25-23-21-19-12-10-8-6-4-2/h5,7,11,13,15-16,33-34,37-38H,3-4,6,8-10,12,14,17-32H2,1-2H3,(H,41,42)/b7-5-,13-11-,16-15-. The predicted octanol–water partition coefficient (Wildman–Crippen LogP) is 8.44. The molecule has 3 unspecified atom stereocenters. The van der Waals surface area contributed by atoms with Crippen LogP contribution in [0.4, 0.5) is 0 Å². The maximum Gasteiger partial charge on any atom is 0.472 e. The molecule has 0 radical (unpaired) electrons. The molecule has 3 atom stereocenters. The number of allylic oxidation sites excluding steroid dienone is 6. The summed E-state index contributed by atoms with van der Waals surface area (Å²) in [6.45, 7) is 2.02. The highest BCUT2D eigenvalue weighted by Gasteiger charge is 2.27. The van der Waals surface area contributed by atoms with E-state index in [1.165, 1.54) is 32.1 Å². The normalized spacial score (nSPS) is 14.6. The molecule has 3 N–H and O–H groups in total. The molecule has 0 spiro atoms. The highest BCUT2D eigenvalue weighted by atomic mass is 31.2. The summed E-state index contributed by atoms with van der Waals surface area (Å²) in [5.74, 6) is -1.04. The van der Waals surface area contributed by atoms with Gasteiger partial charge in [0.1, 0.15) is 12.2 Å². The smallest absolute Gasteiger partial charge is 0.457 e. The Balaban J connectivity index is 4.03. The van der Waals surface area contributed by atoms with E-state index in [1.54, 1.807) is 0 Å². The summed E-state index contributed by atoms with van der Waals surface area (Å²) in [7, 11) is -4.63. The molecule has 0 aliphatic carbocycles. The molecule has 0 bridgehead atoms. The Bertz CT molecular complexity index is 889. The maximum atomic E-state index is 12.3. The number of hydrogen-bond acceptors (Lipinski definition) is 9. The maximum absolute atomic E-state index is 12.3. The van der Waals surface area contributed by atoms with Gasteiger partial charge in [-0.1, -0.05) is 121 Å². The summed E-state index contributed by atoms with van der Waals surface area (Å²) in [4.78, 5) is 34.2. The molecule has 0 heterocycles. The van der Waals surface area contributed by atoms with Crippen molar-refractivity contribution in [2.24, 2.45) is 0 Å². The van der Waals surface area contributed by atoms with Crippen molar-refractivity contribution in [3.05, 3.63) is 36.5 Å². The van der Waals surface area contributed by atoms with Crippen molar-refractivity contribution >= 4 is 19.8 Å². The Morgan fingerprint density at radius 2 is 1.00 bits per heavy atom. The fourth-order valence-corrected chi connectivity index (χ4v) is 5.38. The molecule has 0 aliphatic heterocycles. The molecule has 10 nitrogen and oxygen atoms in total. The summed E-state index contributed by atoms with van der Waals surface area (Å²) in [5.41, 5.74) is 0. The molecule has 0 fully saturated rings. The van der Waals surface area contributed by atoms with Gasteiger partial charge in [0, 0.05) is 12.8 Å². The molecule has 0 aromatic carbocycles. The van der Waals surface area contributed by atoms with Gasteiger partial charge in [0.25, 0.3) is 0 Å². The topological polar surface area (TPSA) is 149 Å². The number of carbonyl (C=O) groups is 2. The molecular weight excluding hydrogens is 623 g/mol. The lowest BCUT2D eigenvalue weighted by molar-refractivity contribution is -0.153. The first-order valence-corrected chi connectivity index (χ1v) is 19.4. The molecule has 0 aromatic heterocycles. The summed E-state index contributed by atoms with van der Waals surface area (Å²) in [6, 6.07) is 0. The minimum absolute atomic E-state index is 0.173. The Hall–Kier alpha value is -1.81. The Labute approximate surface area is 284 Å². The van der Waals surface area contributed by atoms with Gasteiger partial charge in [-0.25, -0.2) is 4.57 Å². The van der Waals surface area contributed by atoms with Crippen LogP contribution in [0.15, 0.2) is 36.5 Å². The number of hydrogen-bond donors (Lipinski definition) is 3. The van der Waals surface area contributed by atoms with E-state index in [0.29, 0.717) is 12.8 Å². The van der Waals surface area contributed by atoms with Gasteiger partial charge in [-0.2, -0.15) is 0 Å². The van der Waals surface area contributed by atoms with Crippen molar-refractivity contribution in [3.63, 3.8) is 0 Å². The largest absolute Gasteiger partial charge is 0.472 e. The van der Waals surface area contributed by atoms with Gasteiger partial charge in [-0.3, -0.25) is 18.6 Å². The van der Waals surface area contributed by atoms with Gasteiger partial charge in [-0.05, 0) is 44.9 Å². The fraction of sp³-hybridized carbons (Fsp3) is 0.778. The van der Waals surface area contributed by atoms with Crippen molar-refractivity contribution < 1.29 is 47.8 Å². The molecule has 274 valence electrons. The lowest BCUT2D eigenvalue weighted by Gasteiger charge is -2.20. The van der Waals surface area contributed by atoms with Gasteiger partial charge in [0.15, 0.2) is 0 Å². The van der Waals surface area contributed by atoms with Crippen LogP contribution < -0.4 is 0 Å². The van der Waals surface area contributed by atoms with Crippen molar-refractivity contribution in [2.75, 3.05) is 26.4 Å². The molecule has 0 saturated carbocycles.